The van der Waals surface area contributed by atoms with Crippen molar-refractivity contribution < 1.29 is 14.3 Å². The zero-order chi connectivity index (χ0) is 21.0. The minimum Gasteiger partial charge on any atom is -0.396 e. The van der Waals surface area contributed by atoms with Crippen LogP contribution >= 0.6 is 0 Å². The van der Waals surface area contributed by atoms with Crippen LogP contribution in [-0.2, 0) is 4.79 Å². The third-order valence-corrected chi connectivity index (χ3v) is 6.59. The Morgan fingerprint density at radius 1 is 1.27 bits per heavy atom. The molecule has 2 aliphatic carbocycles. The Morgan fingerprint density at radius 3 is 2.87 bits per heavy atom. The second-order valence-corrected chi connectivity index (χ2v) is 8.39. The van der Waals surface area contributed by atoms with E-state index in [1.807, 2.05) is 13.0 Å². The number of pyridine rings is 2. The van der Waals surface area contributed by atoms with E-state index in [1.165, 1.54) is 6.20 Å². The molecule has 0 saturated heterocycles. The van der Waals surface area contributed by atoms with E-state index >= 15 is 0 Å². The van der Waals surface area contributed by atoms with Crippen LogP contribution in [0.2, 0.25) is 0 Å². The number of nitrogens with one attached hydrogen (secondary N) is 1. The first-order chi connectivity index (χ1) is 14.5. The minimum atomic E-state index is -0.506. The van der Waals surface area contributed by atoms with E-state index in [4.69, 9.17) is 5.73 Å². The van der Waals surface area contributed by atoms with Crippen LogP contribution in [0.15, 0.2) is 36.8 Å². The van der Waals surface area contributed by atoms with Crippen LogP contribution in [0.3, 0.4) is 0 Å². The number of halogens is 1. The van der Waals surface area contributed by atoms with Gasteiger partial charge in [-0.15, -0.1) is 0 Å². The van der Waals surface area contributed by atoms with E-state index in [0.29, 0.717) is 27.7 Å². The van der Waals surface area contributed by atoms with Crippen molar-refractivity contribution >= 4 is 28.2 Å². The van der Waals surface area contributed by atoms with Crippen molar-refractivity contribution in [3.63, 3.8) is 0 Å². The van der Waals surface area contributed by atoms with E-state index in [2.05, 4.69) is 15.3 Å². The summed E-state index contributed by atoms with van der Waals surface area (Å²) in [5, 5.41) is 14.2. The summed E-state index contributed by atoms with van der Waals surface area (Å²) in [4.78, 5) is 21.1. The number of fused-ring (bicyclic) bond motifs is 2. The number of amides is 1. The van der Waals surface area contributed by atoms with Crippen molar-refractivity contribution in [1.29, 1.82) is 0 Å². The number of aliphatic hydroxyl groups is 1. The van der Waals surface area contributed by atoms with Gasteiger partial charge in [0.05, 0.1) is 11.8 Å². The van der Waals surface area contributed by atoms with Crippen molar-refractivity contribution in [1.82, 2.24) is 9.97 Å². The number of aliphatic hydroxyl groups excluding tert-OH is 1. The molecule has 6 nitrogen and oxygen atoms in total. The lowest BCUT2D eigenvalue weighted by atomic mass is 9.98. The summed E-state index contributed by atoms with van der Waals surface area (Å²) < 4.78 is 15.0. The fraction of sp³-hybridized carbons (Fsp3) is 0.348. The summed E-state index contributed by atoms with van der Waals surface area (Å²) in [5.41, 5.74) is 8.00. The predicted octanol–water partition coefficient (Wildman–Crippen LogP) is 3.67. The molecule has 0 radical (unpaired) electrons. The third-order valence-electron chi connectivity index (χ3n) is 6.59. The monoisotopic (exact) mass is 406 g/mol. The summed E-state index contributed by atoms with van der Waals surface area (Å²) in [7, 11) is 0. The van der Waals surface area contributed by atoms with Gasteiger partial charge in [-0.3, -0.25) is 9.78 Å². The molecule has 0 bridgehead atoms. The van der Waals surface area contributed by atoms with E-state index in [9.17, 15) is 14.3 Å². The van der Waals surface area contributed by atoms with E-state index in [0.717, 1.165) is 24.8 Å². The molecule has 1 aromatic carbocycles. The first kappa shape index (κ1) is 18.9. The van der Waals surface area contributed by atoms with Crippen LogP contribution < -0.4 is 11.1 Å². The number of hydrogen-bond donors (Lipinski definition) is 3. The van der Waals surface area contributed by atoms with Crippen LogP contribution in [0.25, 0.3) is 21.9 Å². The number of hydrogen-bond acceptors (Lipinski definition) is 5. The Bertz CT molecular complexity index is 1170. The highest BCUT2D eigenvalue weighted by atomic mass is 19.1. The number of carbonyl (C=O) groups is 1. The number of aryl methyl sites for hydroxylation is 1. The molecule has 4 N–H and O–H groups in total. The van der Waals surface area contributed by atoms with Crippen molar-refractivity contribution in [2.24, 2.45) is 17.8 Å². The normalized spacial score (nSPS) is 25.0. The van der Waals surface area contributed by atoms with E-state index < -0.39 is 11.9 Å². The first-order valence-corrected chi connectivity index (χ1v) is 10.2. The number of nitrogens with two attached hydrogens (primary N) is 1. The average molecular weight is 406 g/mol. The Morgan fingerprint density at radius 2 is 2.10 bits per heavy atom. The quantitative estimate of drug-likeness (QED) is 0.576. The molecule has 0 unspecified atom stereocenters. The van der Waals surface area contributed by atoms with Gasteiger partial charge >= 0.3 is 0 Å². The molecule has 0 aliphatic heterocycles. The lowest BCUT2D eigenvalue weighted by molar-refractivity contribution is -0.118. The summed E-state index contributed by atoms with van der Waals surface area (Å²) in [6, 6.07) is 5.24. The lowest BCUT2D eigenvalue weighted by Crippen LogP contribution is -2.19. The molecule has 2 saturated carbocycles. The smallest absolute Gasteiger partial charge is 0.229 e. The first-order valence-electron chi connectivity index (χ1n) is 10.2. The predicted molar refractivity (Wildman–Crippen MR) is 113 cm³/mol. The highest BCUT2D eigenvalue weighted by Gasteiger charge is 2.58. The standard InChI is InChI=1S/C23H23FN4O2/c1-11-5-6-26-9-15(11)14-7-12-8-18(27-10-16(12)22(25)21(14)24)28-23(30)20-13-3-2-4-17(29)19(13)20/h5-10,13,17,19-20,29H,2-4,25H2,1H3,(H,27,28,30)/t13-,17-,19-,20+/m1/s1. The second kappa shape index (κ2) is 7.02. The number of carbonyl (C=O) groups excluding carboxylic acids is 1. The summed E-state index contributed by atoms with van der Waals surface area (Å²) in [6.07, 6.45) is 7.07. The molecule has 30 heavy (non-hydrogen) atoms. The molecular formula is C23H23FN4O2. The molecule has 5 rings (SSSR count). The molecule has 0 spiro atoms. The Labute approximate surface area is 173 Å². The van der Waals surface area contributed by atoms with Crippen molar-refractivity contribution in [3.05, 3.63) is 48.2 Å². The Balaban J connectivity index is 1.47. The van der Waals surface area contributed by atoms with Gasteiger partial charge in [0.2, 0.25) is 5.91 Å². The Kier molecular flexibility index (Phi) is 4.43. The number of anilines is 2. The van der Waals surface area contributed by atoms with E-state index in [-0.39, 0.29) is 29.3 Å². The van der Waals surface area contributed by atoms with Gasteiger partial charge in [-0.1, -0.05) is 6.42 Å². The molecule has 2 heterocycles. The van der Waals surface area contributed by atoms with Gasteiger partial charge in [0.15, 0.2) is 5.82 Å². The maximum Gasteiger partial charge on any atom is 0.229 e. The van der Waals surface area contributed by atoms with Crippen LogP contribution in [-0.4, -0.2) is 27.1 Å². The highest BCUT2D eigenvalue weighted by Crippen LogP contribution is 2.55. The maximum atomic E-state index is 15.0. The molecule has 3 aromatic rings. The van der Waals surface area contributed by atoms with Crippen LogP contribution in [0.4, 0.5) is 15.9 Å². The zero-order valence-electron chi connectivity index (χ0n) is 16.6. The topological polar surface area (TPSA) is 101 Å². The van der Waals surface area contributed by atoms with Crippen molar-refractivity contribution in [3.8, 4) is 11.1 Å². The summed E-state index contributed by atoms with van der Waals surface area (Å²) in [5.74, 6) is -0.0648. The molecule has 4 atom stereocenters. The summed E-state index contributed by atoms with van der Waals surface area (Å²) >= 11 is 0. The Hall–Kier alpha value is -3.06. The van der Waals surface area contributed by atoms with Gasteiger partial charge in [0.1, 0.15) is 5.82 Å². The average Bonchev–Trinajstić information content (AvgIpc) is 3.47. The minimum absolute atomic E-state index is 0.0208. The lowest BCUT2D eigenvalue weighted by Gasteiger charge is -2.14. The third kappa shape index (κ3) is 3.01. The van der Waals surface area contributed by atoms with Gasteiger partial charge in [-0.05, 0) is 54.8 Å². The fourth-order valence-electron chi connectivity index (χ4n) is 4.94. The highest BCUT2D eigenvalue weighted by molar-refractivity contribution is 6.00. The number of aromatic nitrogens is 2. The largest absolute Gasteiger partial charge is 0.396 e. The van der Waals surface area contributed by atoms with Crippen LogP contribution in [0.5, 0.6) is 0 Å². The van der Waals surface area contributed by atoms with Crippen molar-refractivity contribution in [2.75, 3.05) is 11.1 Å². The molecule has 2 aliphatic rings. The SMILES string of the molecule is Cc1ccncc1-c1cc2cc(NC(=O)[C@H]3[C@@H]4CCC[C@@H](O)[C@@H]43)ncc2c(N)c1F. The number of nitrogens with zero attached hydrogens (tertiary/aromatic N) is 2. The van der Waals surface area contributed by atoms with Crippen LogP contribution in [0, 0.1) is 30.5 Å². The maximum absolute atomic E-state index is 15.0. The number of nitrogen functional groups attached to an aromatic ring is 1. The van der Waals surface area contributed by atoms with Gasteiger partial charge < -0.3 is 16.2 Å². The van der Waals surface area contributed by atoms with E-state index in [1.54, 1.807) is 24.5 Å². The van der Waals surface area contributed by atoms with Gasteiger partial charge in [-0.25, -0.2) is 9.37 Å². The van der Waals surface area contributed by atoms with Crippen LogP contribution in [0.1, 0.15) is 24.8 Å². The van der Waals surface area contributed by atoms with Crippen molar-refractivity contribution in [2.45, 2.75) is 32.3 Å². The molecule has 154 valence electrons. The molecule has 1 amide bonds. The zero-order valence-corrected chi connectivity index (χ0v) is 16.6. The number of rotatable bonds is 3. The van der Waals surface area contributed by atoms with Gasteiger partial charge in [0, 0.05) is 46.9 Å². The van der Waals surface area contributed by atoms with Gasteiger partial charge in [-0.2, -0.15) is 0 Å². The molecule has 2 fully saturated rings. The molecular weight excluding hydrogens is 383 g/mol. The number of benzene rings is 1. The van der Waals surface area contributed by atoms with Gasteiger partial charge in [0.25, 0.3) is 0 Å². The second-order valence-electron chi connectivity index (χ2n) is 8.39. The fourth-order valence-corrected chi connectivity index (χ4v) is 4.94. The molecule has 7 heteroatoms. The summed E-state index contributed by atoms with van der Waals surface area (Å²) in [6.45, 7) is 1.89. The molecule has 2 aromatic heterocycles.